The highest BCUT2D eigenvalue weighted by atomic mass is 79.9. The van der Waals surface area contributed by atoms with E-state index in [1.54, 1.807) is 27.8 Å². The zero-order chi connectivity index (χ0) is 16.6. The lowest BCUT2D eigenvalue weighted by Gasteiger charge is -2.38. The lowest BCUT2D eigenvalue weighted by atomic mass is 10.1. The highest BCUT2D eigenvalue weighted by molar-refractivity contribution is 9.10. The summed E-state index contributed by atoms with van der Waals surface area (Å²) in [5.41, 5.74) is 0.403. The maximum Gasteiger partial charge on any atom is 0.246 e. The molecule has 0 aliphatic carbocycles. The standard InChI is InChI=1S/C16H15BrFN3O2/c1-2-15(23)21-7-12(8-21)19-14(22)9-20-4-3-10-5-11(17)6-13(18)16(10)20/h2-6,12H,1,7-9H2,(H,19,22). The highest BCUT2D eigenvalue weighted by Crippen LogP contribution is 2.24. The molecule has 1 aromatic heterocycles. The molecule has 1 aromatic carbocycles. The van der Waals surface area contributed by atoms with E-state index in [4.69, 9.17) is 0 Å². The van der Waals surface area contributed by atoms with Crippen LogP contribution >= 0.6 is 15.9 Å². The smallest absolute Gasteiger partial charge is 0.246 e. The predicted molar refractivity (Wildman–Crippen MR) is 88.3 cm³/mol. The van der Waals surface area contributed by atoms with Gasteiger partial charge in [-0.25, -0.2) is 4.39 Å². The summed E-state index contributed by atoms with van der Waals surface area (Å²) >= 11 is 3.25. The van der Waals surface area contributed by atoms with Crippen molar-refractivity contribution in [3.8, 4) is 0 Å². The van der Waals surface area contributed by atoms with Crippen LogP contribution in [0.2, 0.25) is 0 Å². The highest BCUT2D eigenvalue weighted by Gasteiger charge is 2.30. The Morgan fingerprint density at radius 1 is 1.43 bits per heavy atom. The summed E-state index contributed by atoms with van der Waals surface area (Å²) in [7, 11) is 0. The molecule has 0 saturated carbocycles. The van der Waals surface area contributed by atoms with Crippen LogP contribution in [0.1, 0.15) is 0 Å². The van der Waals surface area contributed by atoms with E-state index in [9.17, 15) is 14.0 Å². The van der Waals surface area contributed by atoms with Crippen molar-refractivity contribution in [3.05, 3.63) is 47.3 Å². The molecule has 1 aliphatic heterocycles. The Bertz CT molecular complexity index is 796. The molecule has 0 radical (unpaired) electrons. The van der Waals surface area contributed by atoms with Crippen molar-refractivity contribution in [1.29, 1.82) is 0 Å². The molecule has 2 amide bonds. The summed E-state index contributed by atoms with van der Waals surface area (Å²) in [6.45, 7) is 4.41. The molecule has 0 bridgehead atoms. The lowest BCUT2D eigenvalue weighted by molar-refractivity contribution is -0.133. The average molecular weight is 380 g/mol. The minimum Gasteiger partial charge on any atom is -0.348 e. The Labute approximate surface area is 140 Å². The summed E-state index contributed by atoms with van der Waals surface area (Å²) in [5.74, 6) is -0.723. The topological polar surface area (TPSA) is 54.3 Å². The minimum atomic E-state index is -0.376. The second kappa shape index (κ2) is 6.16. The number of carbonyl (C=O) groups is 2. The van der Waals surface area contributed by atoms with E-state index in [2.05, 4.69) is 27.8 Å². The number of nitrogens with zero attached hydrogens (tertiary/aromatic N) is 2. The molecule has 1 aliphatic rings. The number of likely N-dealkylation sites (tertiary alicyclic amines) is 1. The molecule has 7 heteroatoms. The van der Waals surface area contributed by atoms with E-state index in [-0.39, 0.29) is 30.2 Å². The van der Waals surface area contributed by atoms with E-state index in [0.29, 0.717) is 23.1 Å². The SMILES string of the molecule is C=CC(=O)N1CC(NC(=O)Cn2ccc3cc(Br)cc(F)c32)C1. The van der Waals surface area contributed by atoms with Gasteiger partial charge >= 0.3 is 0 Å². The number of benzene rings is 1. The maximum absolute atomic E-state index is 14.1. The van der Waals surface area contributed by atoms with Crippen LogP contribution in [0.3, 0.4) is 0 Å². The van der Waals surface area contributed by atoms with E-state index < -0.39 is 0 Å². The van der Waals surface area contributed by atoms with Crippen molar-refractivity contribution in [2.75, 3.05) is 13.1 Å². The number of carbonyl (C=O) groups excluding carboxylic acids is 2. The van der Waals surface area contributed by atoms with Gasteiger partial charge in [-0.15, -0.1) is 0 Å². The van der Waals surface area contributed by atoms with Crippen LogP contribution in [0.4, 0.5) is 4.39 Å². The number of amides is 2. The molecule has 1 saturated heterocycles. The molecule has 2 heterocycles. The number of halogens is 2. The number of hydrogen-bond acceptors (Lipinski definition) is 2. The van der Waals surface area contributed by atoms with Gasteiger partial charge in [-0.05, 0) is 24.3 Å². The summed E-state index contributed by atoms with van der Waals surface area (Å²) in [6, 6.07) is 4.88. The van der Waals surface area contributed by atoms with Crippen LogP contribution in [0.25, 0.3) is 10.9 Å². The lowest BCUT2D eigenvalue weighted by Crippen LogP contribution is -2.61. The molecular weight excluding hydrogens is 365 g/mol. The zero-order valence-electron chi connectivity index (χ0n) is 12.3. The van der Waals surface area contributed by atoms with Gasteiger partial charge in [-0.3, -0.25) is 9.59 Å². The molecule has 1 N–H and O–H groups in total. The van der Waals surface area contributed by atoms with Crippen molar-refractivity contribution in [2.45, 2.75) is 12.6 Å². The third-order valence-electron chi connectivity index (χ3n) is 3.83. The van der Waals surface area contributed by atoms with Gasteiger partial charge in [0.1, 0.15) is 12.4 Å². The van der Waals surface area contributed by atoms with Crippen molar-refractivity contribution < 1.29 is 14.0 Å². The first kappa shape index (κ1) is 15.7. The molecule has 5 nitrogen and oxygen atoms in total. The number of aromatic nitrogens is 1. The van der Waals surface area contributed by atoms with Crippen LogP contribution < -0.4 is 5.32 Å². The summed E-state index contributed by atoms with van der Waals surface area (Å²) < 4.78 is 16.3. The first-order chi connectivity index (χ1) is 11.0. The third kappa shape index (κ3) is 3.14. The minimum absolute atomic E-state index is 0.0357. The fourth-order valence-corrected chi connectivity index (χ4v) is 3.15. The van der Waals surface area contributed by atoms with Gasteiger partial charge < -0.3 is 14.8 Å². The number of fused-ring (bicyclic) bond motifs is 1. The summed E-state index contributed by atoms with van der Waals surface area (Å²) in [6.07, 6.45) is 2.94. The average Bonchev–Trinajstić information content (AvgIpc) is 2.84. The largest absolute Gasteiger partial charge is 0.348 e. The fraction of sp³-hybridized carbons (Fsp3) is 0.250. The van der Waals surface area contributed by atoms with Crippen LogP contribution in [0.15, 0.2) is 41.5 Å². The van der Waals surface area contributed by atoms with Gasteiger partial charge in [0.15, 0.2) is 0 Å². The second-order valence-electron chi connectivity index (χ2n) is 5.48. The molecule has 0 unspecified atom stereocenters. The zero-order valence-corrected chi connectivity index (χ0v) is 13.8. The first-order valence-corrected chi connectivity index (χ1v) is 7.92. The fourth-order valence-electron chi connectivity index (χ4n) is 2.70. The van der Waals surface area contributed by atoms with Crippen LogP contribution in [-0.4, -0.2) is 40.4 Å². The molecule has 23 heavy (non-hydrogen) atoms. The molecule has 1 fully saturated rings. The molecule has 0 spiro atoms. The van der Waals surface area contributed by atoms with Gasteiger partial charge in [0, 0.05) is 29.1 Å². The van der Waals surface area contributed by atoms with Crippen molar-refractivity contribution in [1.82, 2.24) is 14.8 Å². The van der Waals surface area contributed by atoms with Crippen LogP contribution in [0.5, 0.6) is 0 Å². The quantitative estimate of drug-likeness (QED) is 0.826. The molecule has 3 rings (SSSR count). The van der Waals surface area contributed by atoms with Gasteiger partial charge in [0.05, 0.1) is 11.6 Å². The third-order valence-corrected chi connectivity index (χ3v) is 4.28. The van der Waals surface area contributed by atoms with Gasteiger partial charge in [0.2, 0.25) is 11.8 Å². The molecule has 120 valence electrons. The van der Waals surface area contributed by atoms with E-state index in [0.717, 1.165) is 5.39 Å². The van der Waals surface area contributed by atoms with Gasteiger partial charge in [0.25, 0.3) is 0 Å². The van der Waals surface area contributed by atoms with E-state index in [1.165, 1.54) is 12.1 Å². The number of hydrogen-bond donors (Lipinski definition) is 1. The van der Waals surface area contributed by atoms with Gasteiger partial charge in [-0.1, -0.05) is 22.5 Å². The van der Waals surface area contributed by atoms with Crippen molar-refractivity contribution in [2.24, 2.45) is 0 Å². The Morgan fingerprint density at radius 2 is 2.17 bits per heavy atom. The Hall–Kier alpha value is -2.15. The molecule has 2 aromatic rings. The Kier molecular flexibility index (Phi) is 4.21. The molecular formula is C16H15BrFN3O2. The normalized spacial score (nSPS) is 14.6. The van der Waals surface area contributed by atoms with E-state index in [1.807, 2.05) is 0 Å². The van der Waals surface area contributed by atoms with Crippen molar-refractivity contribution in [3.63, 3.8) is 0 Å². The monoisotopic (exact) mass is 379 g/mol. The predicted octanol–water partition coefficient (Wildman–Crippen LogP) is 2.06. The van der Waals surface area contributed by atoms with Gasteiger partial charge in [-0.2, -0.15) is 0 Å². The maximum atomic E-state index is 14.1. The van der Waals surface area contributed by atoms with Crippen molar-refractivity contribution >= 4 is 38.6 Å². The first-order valence-electron chi connectivity index (χ1n) is 7.12. The molecule has 0 atom stereocenters. The Balaban J connectivity index is 1.63. The second-order valence-corrected chi connectivity index (χ2v) is 6.40. The van der Waals surface area contributed by atoms with Crippen LogP contribution in [0, 0.1) is 5.82 Å². The number of rotatable bonds is 4. The number of nitrogens with one attached hydrogen (secondary N) is 1. The summed E-state index contributed by atoms with van der Waals surface area (Å²) in [4.78, 5) is 25.0. The van der Waals surface area contributed by atoms with Crippen LogP contribution in [-0.2, 0) is 16.1 Å². The Morgan fingerprint density at radius 3 is 2.87 bits per heavy atom. The van der Waals surface area contributed by atoms with E-state index >= 15 is 0 Å². The summed E-state index contributed by atoms with van der Waals surface area (Å²) in [5, 5.41) is 3.57.